The van der Waals surface area contributed by atoms with Gasteiger partial charge in [-0.1, -0.05) is 33.8 Å². The van der Waals surface area contributed by atoms with E-state index in [1.54, 1.807) is 65.9 Å². The van der Waals surface area contributed by atoms with Crippen LogP contribution in [-0.4, -0.2) is 123 Å². The molecule has 2 saturated heterocycles. The van der Waals surface area contributed by atoms with E-state index in [4.69, 9.17) is 23.7 Å². The number of methoxy groups -OCH3 is 1. The fourth-order valence-corrected chi connectivity index (χ4v) is 8.27. The molecule has 0 radical (unpaired) electrons. The van der Waals surface area contributed by atoms with E-state index in [1.165, 1.54) is 14.0 Å². The fourth-order valence-electron chi connectivity index (χ4n) is 8.27. The molecule has 3 aliphatic rings. The van der Waals surface area contributed by atoms with Gasteiger partial charge in [0.25, 0.3) is 0 Å². The van der Waals surface area contributed by atoms with Crippen molar-refractivity contribution in [3.05, 3.63) is 30.1 Å². The normalized spacial score (nSPS) is 41.3. The maximum absolute atomic E-state index is 14.0. The Bertz CT molecular complexity index is 1360. The Morgan fingerprint density at radius 1 is 1.08 bits per heavy atom. The van der Waals surface area contributed by atoms with Crippen LogP contribution in [0.3, 0.4) is 0 Å². The maximum Gasteiger partial charge on any atom is 0.312 e. The molecule has 294 valence electrons. The van der Waals surface area contributed by atoms with Gasteiger partial charge in [-0.2, -0.15) is 0 Å². The zero-order valence-electron chi connectivity index (χ0n) is 32.6. The molecule has 14 atom stereocenters. The molecule has 0 bridgehead atoms. The number of ether oxygens (including phenoxy) is 5. The van der Waals surface area contributed by atoms with Gasteiger partial charge in [0.05, 0.1) is 41.9 Å². The molecule has 0 unspecified atom stereocenters. The Morgan fingerprint density at radius 3 is 2.33 bits per heavy atom. The largest absolute Gasteiger partial charge is 0.461 e. The van der Waals surface area contributed by atoms with Crippen LogP contribution in [0.1, 0.15) is 93.2 Å². The van der Waals surface area contributed by atoms with Crippen LogP contribution in [0.25, 0.3) is 0 Å². The van der Waals surface area contributed by atoms with Crippen LogP contribution in [0, 0.1) is 23.7 Å². The standard InChI is InChI=1S/C39H62N2O11/c1-11-29-39(8,47)34(45)23(4)31(43)21(2)20-38(7,48-10)35(52-37-32(44)28(18-22(3)49-37)41(9)27-15-16-27)24(5)33(25(6)36(46)50-29)51-30(42)19-26-14-12-13-17-40-26/h12-14,17,21-25,27-29,32-35,37,44-45,47H,11,15-16,18-20H2,1-10H3/t21-,22-,23+,24+,25-,28+,29-,32-,33+,34-,35-,37+,38-,39-/m1/s1. The summed E-state index contributed by atoms with van der Waals surface area (Å²) in [5, 5.41) is 34.7. The first-order chi connectivity index (χ1) is 24.4. The highest BCUT2D eigenvalue weighted by molar-refractivity contribution is 5.83. The molecule has 52 heavy (non-hydrogen) atoms. The number of esters is 2. The van der Waals surface area contributed by atoms with Crippen molar-refractivity contribution in [2.45, 2.75) is 160 Å². The van der Waals surface area contributed by atoms with Gasteiger partial charge in [0, 0.05) is 43.1 Å². The van der Waals surface area contributed by atoms with Crippen molar-refractivity contribution in [2.75, 3.05) is 14.2 Å². The maximum atomic E-state index is 14.0. The van der Waals surface area contributed by atoms with Gasteiger partial charge in [0.15, 0.2) is 6.29 Å². The van der Waals surface area contributed by atoms with E-state index >= 15 is 0 Å². The lowest BCUT2D eigenvalue weighted by molar-refractivity contribution is -0.302. The highest BCUT2D eigenvalue weighted by Crippen LogP contribution is 2.41. The van der Waals surface area contributed by atoms with E-state index < -0.39 is 83.6 Å². The lowest BCUT2D eigenvalue weighted by Gasteiger charge is -2.48. The van der Waals surface area contributed by atoms with Crippen molar-refractivity contribution in [2.24, 2.45) is 23.7 Å². The van der Waals surface area contributed by atoms with Gasteiger partial charge in [-0.05, 0) is 79.0 Å². The minimum Gasteiger partial charge on any atom is -0.461 e. The van der Waals surface area contributed by atoms with E-state index in [0.29, 0.717) is 18.2 Å². The number of ketones is 1. The molecule has 0 spiro atoms. The van der Waals surface area contributed by atoms with E-state index in [2.05, 4.69) is 9.88 Å². The molecule has 13 nitrogen and oxygen atoms in total. The van der Waals surface area contributed by atoms with Gasteiger partial charge < -0.3 is 39.0 Å². The van der Waals surface area contributed by atoms with Gasteiger partial charge in [0.2, 0.25) is 0 Å². The molecule has 1 aromatic heterocycles. The number of carbonyl (C=O) groups excluding carboxylic acids is 3. The smallest absolute Gasteiger partial charge is 0.312 e. The Kier molecular flexibility index (Phi) is 14.0. The second kappa shape index (κ2) is 17.3. The number of hydrogen-bond acceptors (Lipinski definition) is 13. The second-order valence-electron chi connectivity index (χ2n) is 16.0. The topological polar surface area (TPSA) is 174 Å². The summed E-state index contributed by atoms with van der Waals surface area (Å²) in [5.74, 6) is -5.39. The van der Waals surface area contributed by atoms with Crippen LogP contribution >= 0.6 is 0 Å². The molecule has 13 heteroatoms. The SMILES string of the molecule is CC[C@H]1OC(=O)[C@H](C)[C@@H](OC(=O)Cc2ccccn2)[C@H](C)[C@@H](O[C@@H]2O[C@H](C)C[C@H](N(C)C3CC3)[C@H]2O)[C@](C)(OC)C[C@@H](C)C(=O)[C@H](C)[C@@H](O)[C@]1(C)O. The van der Waals surface area contributed by atoms with E-state index in [-0.39, 0.29) is 37.2 Å². The average Bonchev–Trinajstić information content (AvgIpc) is 3.96. The summed E-state index contributed by atoms with van der Waals surface area (Å²) in [6, 6.07) is 5.31. The van der Waals surface area contributed by atoms with Crippen LogP contribution in [0.5, 0.6) is 0 Å². The van der Waals surface area contributed by atoms with Gasteiger partial charge >= 0.3 is 11.9 Å². The van der Waals surface area contributed by atoms with E-state index in [9.17, 15) is 29.7 Å². The van der Waals surface area contributed by atoms with Crippen molar-refractivity contribution >= 4 is 17.7 Å². The minimum absolute atomic E-state index is 0.0882. The molecular formula is C39H62N2O11. The number of aliphatic hydroxyl groups is 3. The Hall–Kier alpha value is -2.52. The number of aliphatic hydroxyl groups excluding tert-OH is 2. The van der Waals surface area contributed by atoms with Crippen molar-refractivity contribution < 1.29 is 53.4 Å². The lowest BCUT2D eigenvalue weighted by atomic mass is 9.74. The predicted molar refractivity (Wildman–Crippen MR) is 191 cm³/mol. The molecule has 0 aromatic carbocycles. The molecule has 2 aliphatic heterocycles. The van der Waals surface area contributed by atoms with E-state index in [0.717, 1.165) is 12.8 Å². The summed E-state index contributed by atoms with van der Waals surface area (Å²) < 4.78 is 31.3. The molecule has 1 saturated carbocycles. The fraction of sp³-hybridized carbons (Fsp3) is 0.795. The molecule has 1 aromatic rings. The minimum atomic E-state index is -1.98. The number of nitrogens with zero attached hydrogens (tertiary/aromatic N) is 2. The van der Waals surface area contributed by atoms with Gasteiger partial charge in [0.1, 0.15) is 29.7 Å². The molecule has 1 aliphatic carbocycles. The zero-order chi connectivity index (χ0) is 38.7. The summed E-state index contributed by atoms with van der Waals surface area (Å²) in [4.78, 5) is 48.0. The lowest BCUT2D eigenvalue weighted by Crippen LogP contribution is -2.61. The zero-order valence-corrected chi connectivity index (χ0v) is 32.6. The number of Topliss-reactive ketones (excluding diaryl/α,β-unsaturated/α-hetero) is 1. The number of cyclic esters (lactones) is 1. The van der Waals surface area contributed by atoms with Crippen LogP contribution in [-0.2, 0) is 44.5 Å². The van der Waals surface area contributed by atoms with E-state index in [1.807, 2.05) is 14.0 Å². The number of aromatic nitrogens is 1. The van der Waals surface area contributed by atoms with Gasteiger partial charge in [-0.3, -0.25) is 24.3 Å². The number of pyridine rings is 1. The average molecular weight is 735 g/mol. The highest BCUT2D eigenvalue weighted by atomic mass is 16.7. The third-order valence-electron chi connectivity index (χ3n) is 11.8. The van der Waals surface area contributed by atoms with Crippen molar-refractivity contribution in [1.29, 1.82) is 0 Å². The summed E-state index contributed by atoms with van der Waals surface area (Å²) in [6.45, 7) is 13.4. The molecule has 3 fully saturated rings. The molecule has 4 rings (SSSR count). The molecule has 3 N–H and O–H groups in total. The van der Waals surface area contributed by atoms with Crippen molar-refractivity contribution in [3.8, 4) is 0 Å². The molecular weight excluding hydrogens is 672 g/mol. The number of hydrogen-bond donors (Lipinski definition) is 3. The quantitative estimate of drug-likeness (QED) is 0.316. The number of likely N-dealkylation sites (N-methyl/N-ethyl adjacent to an activating group) is 1. The first kappa shape index (κ1) is 42.2. The van der Waals surface area contributed by atoms with Gasteiger partial charge in [-0.25, -0.2) is 0 Å². The van der Waals surface area contributed by atoms with Crippen LogP contribution in [0.2, 0.25) is 0 Å². The van der Waals surface area contributed by atoms with Crippen molar-refractivity contribution in [3.63, 3.8) is 0 Å². The van der Waals surface area contributed by atoms with Crippen LogP contribution in [0.4, 0.5) is 0 Å². The monoisotopic (exact) mass is 734 g/mol. The Morgan fingerprint density at radius 2 is 1.75 bits per heavy atom. The number of carbonyl (C=O) groups is 3. The third kappa shape index (κ3) is 9.40. The molecule has 0 amide bonds. The summed E-state index contributed by atoms with van der Waals surface area (Å²) in [6.07, 6.45) is -3.04. The summed E-state index contributed by atoms with van der Waals surface area (Å²) in [7, 11) is 3.49. The summed E-state index contributed by atoms with van der Waals surface area (Å²) >= 11 is 0. The van der Waals surface area contributed by atoms with Crippen LogP contribution < -0.4 is 0 Å². The molecule has 3 heterocycles. The highest BCUT2D eigenvalue weighted by Gasteiger charge is 2.53. The predicted octanol–water partition coefficient (Wildman–Crippen LogP) is 3.24. The van der Waals surface area contributed by atoms with Crippen molar-refractivity contribution in [1.82, 2.24) is 9.88 Å². The summed E-state index contributed by atoms with van der Waals surface area (Å²) in [5.41, 5.74) is -2.79. The Balaban J connectivity index is 1.81. The first-order valence-corrected chi connectivity index (χ1v) is 18.9. The Labute approximate surface area is 308 Å². The third-order valence-corrected chi connectivity index (χ3v) is 11.8. The number of rotatable bonds is 9. The second-order valence-corrected chi connectivity index (χ2v) is 16.0. The van der Waals surface area contributed by atoms with Crippen LogP contribution in [0.15, 0.2) is 24.4 Å². The first-order valence-electron chi connectivity index (χ1n) is 18.9. The van der Waals surface area contributed by atoms with Gasteiger partial charge in [-0.15, -0.1) is 0 Å².